The summed E-state index contributed by atoms with van der Waals surface area (Å²) in [5.74, 6) is -7.16. The standard InChI is InChI=1S/C19H32O11.C18H30O12.C17H30O10.C16H28O11/c1-5-15(24)29-17-10(3)14(9-26-11(4)21)28-19(18(17)30-16(25)6-2)27-8-13(23)12(22)7-20;1-4-13(23)29-16-15(25)12(8-26-9(3)20)28-18(17(16)30-14(24)5-2)27-7-11(22)10(21)6-19;1-4-13(22)26-15-9(3)12(7-19)25-17(16(15)27-14(23)5-2)24-8-11(21)10(20)6-18;1-3-11(21)26-14-13(23)10(6-18)25-16(15(14)27-12(22)4-2)24-7-9(20)8(19)5-17/h10,12-14,17-20,22-23H,5-9H2,1-4H3;10-12,15-19,21-22,25H,4-8H2,1-3H3;9-12,15-21H,4-8H2,1-3H3;8-10,13-20,23H,3-7H2,1-2H3/t10-,12+,13-,14?,17+,18?,19-;10-,11+,12?,15+,16-,17?,18+;9-,10+,11-,12?,15+,16?,17-;8-,9+,10?,13+,14-,15?,16+/m1010/s1. The van der Waals surface area contributed by atoms with Crippen LogP contribution >= 0.6 is 0 Å². The van der Waals surface area contributed by atoms with Gasteiger partial charge in [-0.05, 0) is 0 Å². The van der Waals surface area contributed by atoms with E-state index >= 15 is 0 Å². The van der Waals surface area contributed by atoms with Gasteiger partial charge in [0.25, 0.3) is 0 Å². The van der Waals surface area contributed by atoms with Gasteiger partial charge in [0.2, 0.25) is 0 Å². The molecule has 114 heavy (non-hydrogen) atoms. The Bertz CT molecular complexity index is 2620. The molecule has 0 radical (unpaired) electrons. The molecule has 0 aliphatic carbocycles. The van der Waals surface area contributed by atoms with Gasteiger partial charge in [-0.25, -0.2) is 0 Å². The third-order valence-corrected chi connectivity index (χ3v) is 17.2. The summed E-state index contributed by atoms with van der Waals surface area (Å²) in [6.07, 6.45) is -33.5. The maximum atomic E-state index is 12.0. The summed E-state index contributed by atoms with van der Waals surface area (Å²) in [4.78, 5) is 117. The molecule has 44 nitrogen and oxygen atoms in total. The van der Waals surface area contributed by atoms with Crippen LogP contribution in [0.15, 0.2) is 0 Å². The van der Waals surface area contributed by atoms with Gasteiger partial charge in [-0.3, -0.25) is 47.9 Å². The SMILES string of the molecule is CCC(=O)OC1[C@H](OC[C@@H](O)[C@@H](O)CO)OC(CO)[C@@H](C)[C@@H]1OC(=O)CC.CCC(=O)OC1[C@H](OC[C@@H](O)[C@@H](O)CO)OC(CO)[C@@H](O)[C@@H]1OC(=O)CC.CCC(=O)OC1[C@H](OC[C@@H](O)[C@@H](O)CO)OC(COC(C)=O)[C@@H](C)[C@@H]1OC(=O)CC.CCC(=O)OC1[C@H](OC[C@@H](O)[C@@H](O)CO)OC(COC(C)=O)[C@@H](O)[C@@H]1OC(=O)CC. The molecule has 0 bridgehead atoms. The van der Waals surface area contributed by atoms with E-state index in [1.165, 1.54) is 34.6 Å². The van der Waals surface area contributed by atoms with E-state index in [4.69, 9.17) is 106 Å². The van der Waals surface area contributed by atoms with Gasteiger partial charge in [0, 0.05) is 77.0 Å². The minimum Gasteiger partial charge on any atom is -0.463 e. The fourth-order valence-electron chi connectivity index (χ4n) is 10.2. The molecule has 4 aliphatic heterocycles. The van der Waals surface area contributed by atoms with Crippen molar-refractivity contribution in [1.82, 2.24) is 0 Å². The molecular formula is C70H120O44. The van der Waals surface area contributed by atoms with Crippen LogP contribution in [0.3, 0.4) is 0 Å². The van der Waals surface area contributed by atoms with E-state index in [0.29, 0.717) is 0 Å². The number of esters is 10. The molecule has 28 atom stereocenters. The Morgan fingerprint density at radius 1 is 0.289 bits per heavy atom. The van der Waals surface area contributed by atoms with Gasteiger partial charge in [-0.15, -0.1) is 0 Å². The third-order valence-electron chi connectivity index (χ3n) is 17.2. The summed E-state index contributed by atoms with van der Waals surface area (Å²) in [6, 6.07) is 0. The van der Waals surface area contributed by atoms with Crippen molar-refractivity contribution in [1.29, 1.82) is 0 Å². The second kappa shape index (κ2) is 56.2. The molecule has 16 N–H and O–H groups in total. The number of carbonyl (C=O) groups is 10. The van der Waals surface area contributed by atoms with Crippen molar-refractivity contribution in [3.63, 3.8) is 0 Å². The monoisotopic (exact) mass is 1660 g/mol. The highest BCUT2D eigenvalue weighted by atomic mass is 16.8. The van der Waals surface area contributed by atoms with E-state index in [2.05, 4.69) is 0 Å². The average molecular weight is 1670 g/mol. The molecule has 0 aromatic carbocycles. The first-order chi connectivity index (χ1) is 53.8. The molecule has 0 spiro atoms. The molecule has 8 unspecified atom stereocenters. The fraction of sp³-hybridized carbons (Fsp3) is 0.857. The quantitative estimate of drug-likeness (QED) is 0.0200. The molecule has 0 amide bonds. The lowest BCUT2D eigenvalue weighted by molar-refractivity contribution is -0.311. The van der Waals surface area contributed by atoms with Crippen molar-refractivity contribution in [3.05, 3.63) is 0 Å². The second-order valence-electron chi connectivity index (χ2n) is 25.9. The van der Waals surface area contributed by atoms with Gasteiger partial charge in [0.05, 0.1) is 72.2 Å². The predicted molar refractivity (Wildman–Crippen MR) is 374 cm³/mol. The zero-order valence-corrected chi connectivity index (χ0v) is 65.9. The Labute approximate surface area is 657 Å². The van der Waals surface area contributed by atoms with Crippen LogP contribution < -0.4 is 0 Å². The van der Waals surface area contributed by atoms with Crippen molar-refractivity contribution in [3.8, 4) is 0 Å². The van der Waals surface area contributed by atoms with Crippen LogP contribution in [0.2, 0.25) is 0 Å². The van der Waals surface area contributed by atoms with Crippen LogP contribution in [0.1, 0.15) is 134 Å². The van der Waals surface area contributed by atoms with Crippen LogP contribution in [-0.4, -0.2) is 380 Å². The predicted octanol–water partition coefficient (Wildman–Crippen LogP) is -6.55. The Balaban J connectivity index is 0.000000761. The molecule has 4 aliphatic rings. The van der Waals surface area contributed by atoms with Crippen LogP contribution in [0.5, 0.6) is 0 Å². The number of aliphatic hydroxyl groups is 16. The Morgan fingerprint density at radius 2 is 0.491 bits per heavy atom. The number of ether oxygens (including phenoxy) is 18. The highest BCUT2D eigenvalue weighted by molar-refractivity contribution is 5.73. The number of carbonyl (C=O) groups excluding carboxylic acids is 10. The summed E-state index contributed by atoms with van der Waals surface area (Å²) in [6.45, 7) is 11.9. The average Bonchev–Trinajstić information content (AvgIpc) is 0.813. The summed E-state index contributed by atoms with van der Waals surface area (Å²) < 4.78 is 96.3. The number of rotatable bonds is 42. The molecule has 664 valence electrons. The highest BCUT2D eigenvalue weighted by Crippen LogP contribution is 2.35. The number of hydrogen-bond acceptors (Lipinski definition) is 44. The van der Waals surface area contributed by atoms with E-state index in [1.54, 1.807) is 41.5 Å². The van der Waals surface area contributed by atoms with Crippen LogP contribution in [-0.2, 0) is 133 Å². The highest BCUT2D eigenvalue weighted by Gasteiger charge is 2.54. The zero-order chi connectivity index (χ0) is 86.8. The Kier molecular flexibility index (Phi) is 52.1. The van der Waals surface area contributed by atoms with Gasteiger partial charge < -0.3 is 167 Å². The lowest BCUT2D eigenvalue weighted by Gasteiger charge is -2.44. The van der Waals surface area contributed by atoms with Crippen LogP contribution in [0.4, 0.5) is 0 Å². The lowest BCUT2D eigenvalue weighted by Crippen LogP contribution is -2.62. The maximum absolute atomic E-state index is 12.0. The van der Waals surface area contributed by atoms with Gasteiger partial charge in [-0.1, -0.05) is 69.2 Å². The smallest absolute Gasteiger partial charge is 0.306 e. The maximum Gasteiger partial charge on any atom is 0.306 e. The van der Waals surface area contributed by atoms with Crippen molar-refractivity contribution in [2.45, 2.75) is 294 Å². The van der Waals surface area contributed by atoms with E-state index in [1.807, 2.05) is 0 Å². The number of aliphatic hydroxyl groups excluding tert-OH is 16. The van der Waals surface area contributed by atoms with Gasteiger partial charge >= 0.3 is 59.7 Å². The lowest BCUT2D eigenvalue weighted by atomic mass is 9.90. The first-order valence-electron chi connectivity index (χ1n) is 37.2. The molecule has 0 aromatic rings. The summed E-state index contributed by atoms with van der Waals surface area (Å²) in [5, 5.41) is 152. The zero-order valence-electron chi connectivity index (χ0n) is 65.9. The summed E-state index contributed by atoms with van der Waals surface area (Å²) in [5.41, 5.74) is 0. The van der Waals surface area contributed by atoms with Crippen molar-refractivity contribution < 1.29 is 215 Å². The van der Waals surface area contributed by atoms with Crippen LogP contribution in [0.25, 0.3) is 0 Å². The van der Waals surface area contributed by atoms with E-state index in [-0.39, 0.29) is 58.0 Å². The molecular weight excluding hydrogens is 1540 g/mol. The van der Waals surface area contributed by atoms with Crippen molar-refractivity contribution in [2.24, 2.45) is 11.8 Å². The topological polar surface area (TPSA) is 661 Å². The first-order valence-corrected chi connectivity index (χ1v) is 37.2. The Morgan fingerprint density at radius 3 is 0.737 bits per heavy atom. The molecule has 4 saturated heterocycles. The molecule has 0 saturated carbocycles. The first kappa shape index (κ1) is 106. The van der Waals surface area contributed by atoms with E-state index in [0.717, 1.165) is 6.92 Å². The van der Waals surface area contributed by atoms with Gasteiger partial charge in [0.15, 0.2) is 61.8 Å². The normalized spacial score (nSPS) is 29.3. The molecule has 4 fully saturated rings. The van der Waals surface area contributed by atoms with Crippen molar-refractivity contribution >= 4 is 59.7 Å². The fourth-order valence-corrected chi connectivity index (χ4v) is 10.2. The Hall–Kier alpha value is -6.26. The second-order valence-corrected chi connectivity index (χ2v) is 25.9. The molecule has 0 aromatic heterocycles. The summed E-state index contributed by atoms with van der Waals surface area (Å²) >= 11 is 0. The number of hydrogen-bond donors (Lipinski definition) is 16. The third kappa shape index (κ3) is 35.9. The van der Waals surface area contributed by atoms with E-state index in [9.17, 15) is 109 Å². The largest absolute Gasteiger partial charge is 0.463 e. The molecule has 4 rings (SSSR count). The minimum atomic E-state index is -1.53. The minimum absolute atomic E-state index is 0.00472. The molecule has 4 heterocycles. The van der Waals surface area contributed by atoms with Crippen LogP contribution in [0, 0.1) is 11.8 Å². The molecule has 44 heteroatoms. The summed E-state index contributed by atoms with van der Waals surface area (Å²) in [7, 11) is 0. The van der Waals surface area contributed by atoms with E-state index < -0.39 is 304 Å². The van der Waals surface area contributed by atoms with Crippen molar-refractivity contribution in [2.75, 3.05) is 79.3 Å². The van der Waals surface area contributed by atoms with Gasteiger partial charge in [0.1, 0.15) is 105 Å². The van der Waals surface area contributed by atoms with Gasteiger partial charge in [-0.2, -0.15) is 0 Å².